The zero-order chi connectivity index (χ0) is 15.6. The highest BCUT2D eigenvalue weighted by Crippen LogP contribution is 2.25. The lowest BCUT2D eigenvalue weighted by Gasteiger charge is -2.13. The summed E-state index contributed by atoms with van der Waals surface area (Å²) in [6.45, 7) is 1.13. The van der Waals surface area contributed by atoms with Crippen LogP contribution in [0.1, 0.15) is 22.8 Å². The van der Waals surface area contributed by atoms with Crippen LogP contribution in [0.15, 0.2) is 59.9 Å². The summed E-state index contributed by atoms with van der Waals surface area (Å²) in [5, 5.41) is 0. The molecule has 3 aromatic rings. The van der Waals surface area contributed by atoms with Crippen molar-refractivity contribution in [3.8, 4) is 5.69 Å². The van der Waals surface area contributed by atoms with Crippen LogP contribution in [0.3, 0.4) is 0 Å². The summed E-state index contributed by atoms with van der Waals surface area (Å²) in [5.74, 6) is 0.937. The summed E-state index contributed by atoms with van der Waals surface area (Å²) in [7, 11) is 0. The van der Waals surface area contributed by atoms with Gasteiger partial charge in [-0.1, -0.05) is 24.3 Å². The highest BCUT2D eigenvalue weighted by molar-refractivity contribution is 6.14. The molecule has 4 rings (SSSR count). The van der Waals surface area contributed by atoms with Crippen LogP contribution in [-0.4, -0.2) is 26.8 Å². The molecule has 1 aliphatic heterocycles. The van der Waals surface area contributed by atoms with E-state index in [4.69, 9.17) is 10.7 Å². The minimum absolute atomic E-state index is 0.533. The third-order valence-corrected chi connectivity index (χ3v) is 3.99. The van der Waals surface area contributed by atoms with Crippen molar-refractivity contribution in [3.63, 3.8) is 0 Å². The molecule has 5 nitrogen and oxygen atoms in total. The van der Waals surface area contributed by atoms with Gasteiger partial charge in [0.1, 0.15) is 5.82 Å². The number of hydrogen-bond acceptors (Lipinski definition) is 4. The van der Waals surface area contributed by atoms with Crippen LogP contribution >= 0.6 is 0 Å². The fourth-order valence-electron chi connectivity index (χ4n) is 2.99. The Bertz CT molecular complexity index is 864. The summed E-state index contributed by atoms with van der Waals surface area (Å²) in [6, 6.07) is 14.1. The van der Waals surface area contributed by atoms with Gasteiger partial charge >= 0.3 is 0 Å². The van der Waals surface area contributed by atoms with Crippen molar-refractivity contribution in [1.29, 1.82) is 0 Å². The lowest BCUT2D eigenvalue weighted by atomic mass is 10.0. The van der Waals surface area contributed by atoms with E-state index < -0.39 is 0 Å². The Morgan fingerprint density at radius 2 is 1.91 bits per heavy atom. The Morgan fingerprint density at radius 3 is 2.74 bits per heavy atom. The summed E-state index contributed by atoms with van der Waals surface area (Å²) < 4.78 is 2.18. The summed E-state index contributed by atoms with van der Waals surface area (Å²) >= 11 is 0. The molecule has 0 amide bonds. The lowest BCUT2D eigenvalue weighted by molar-refractivity contribution is 0.820. The van der Waals surface area contributed by atoms with Gasteiger partial charge in [0.2, 0.25) is 0 Å². The predicted molar refractivity (Wildman–Crippen MR) is 89.9 cm³/mol. The van der Waals surface area contributed by atoms with Crippen LogP contribution in [0, 0.1) is 0 Å². The molecule has 2 aromatic heterocycles. The quantitative estimate of drug-likeness (QED) is 0.806. The van der Waals surface area contributed by atoms with Crippen molar-refractivity contribution in [2.75, 3.05) is 6.54 Å². The highest BCUT2D eigenvalue weighted by atomic mass is 15.1. The number of imidazole rings is 1. The van der Waals surface area contributed by atoms with E-state index in [9.17, 15) is 0 Å². The van der Waals surface area contributed by atoms with Crippen LogP contribution in [-0.2, 0) is 13.0 Å². The van der Waals surface area contributed by atoms with Crippen LogP contribution in [0.5, 0.6) is 0 Å². The molecule has 0 atom stereocenters. The number of pyridine rings is 1. The molecule has 0 aliphatic carbocycles. The minimum atomic E-state index is 0.533. The normalized spacial score (nSPS) is 13.0. The molecule has 5 heteroatoms. The van der Waals surface area contributed by atoms with Crippen molar-refractivity contribution >= 4 is 5.71 Å². The first-order chi connectivity index (χ1) is 11.4. The summed E-state index contributed by atoms with van der Waals surface area (Å²) in [6.07, 6.45) is 4.49. The molecule has 3 heterocycles. The third-order valence-electron chi connectivity index (χ3n) is 3.99. The van der Waals surface area contributed by atoms with Gasteiger partial charge < -0.3 is 5.73 Å². The number of nitrogens with zero attached hydrogens (tertiary/aromatic N) is 4. The van der Waals surface area contributed by atoms with Crippen molar-refractivity contribution in [2.24, 2.45) is 10.7 Å². The molecular formula is C18H17N5. The highest BCUT2D eigenvalue weighted by Gasteiger charge is 2.21. The first kappa shape index (κ1) is 13.8. The molecular weight excluding hydrogens is 286 g/mol. The number of para-hydroxylation sites is 1. The van der Waals surface area contributed by atoms with E-state index in [-0.39, 0.29) is 0 Å². The van der Waals surface area contributed by atoms with Gasteiger partial charge in [0.25, 0.3) is 0 Å². The first-order valence-electron chi connectivity index (χ1n) is 7.69. The topological polar surface area (TPSA) is 69.1 Å². The van der Waals surface area contributed by atoms with E-state index in [1.54, 1.807) is 6.20 Å². The molecule has 114 valence electrons. The van der Waals surface area contributed by atoms with E-state index in [0.717, 1.165) is 40.6 Å². The number of hydrogen-bond donors (Lipinski definition) is 1. The van der Waals surface area contributed by atoms with E-state index in [2.05, 4.69) is 26.7 Å². The molecule has 2 N–H and O–H groups in total. The largest absolute Gasteiger partial charge is 0.330 e. The van der Waals surface area contributed by atoms with Crippen LogP contribution in [0.25, 0.3) is 5.69 Å². The first-order valence-corrected chi connectivity index (χ1v) is 7.69. The fourth-order valence-corrected chi connectivity index (χ4v) is 2.99. The van der Waals surface area contributed by atoms with E-state index in [0.29, 0.717) is 13.1 Å². The summed E-state index contributed by atoms with van der Waals surface area (Å²) in [4.78, 5) is 13.8. The van der Waals surface area contributed by atoms with Crippen molar-refractivity contribution in [3.05, 3.63) is 77.6 Å². The predicted octanol–water partition coefficient (Wildman–Crippen LogP) is 2.12. The third kappa shape index (κ3) is 2.35. The Kier molecular flexibility index (Phi) is 3.48. The number of benzene rings is 1. The standard InChI is InChI=1S/C18H17N5/c19-9-8-13-11-21-17-12-22-18(15-6-3-4-10-20-15)14-5-1-2-7-16(14)23(13)17/h1-7,10-11H,8-9,12,19H2. The zero-order valence-corrected chi connectivity index (χ0v) is 12.7. The van der Waals surface area contributed by atoms with Crippen molar-refractivity contribution in [2.45, 2.75) is 13.0 Å². The Hall–Kier alpha value is -2.79. The van der Waals surface area contributed by atoms with Crippen molar-refractivity contribution in [1.82, 2.24) is 14.5 Å². The van der Waals surface area contributed by atoms with Gasteiger partial charge in [0.15, 0.2) is 0 Å². The lowest BCUT2D eigenvalue weighted by Crippen LogP contribution is -2.12. The van der Waals surface area contributed by atoms with Crippen LogP contribution < -0.4 is 5.73 Å². The SMILES string of the molecule is NCCc1cnc2n1-c1ccccc1C(c1ccccn1)=NC2. The van der Waals surface area contributed by atoms with Gasteiger partial charge in [-0.25, -0.2) is 4.98 Å². The maximum Gasteiger partial charge on any atom is 0.135 e. The van der Waals surface area contributed by atoms with Gasteiger partial charge in [-0.15, -0.1) is 0 Å². The Balaban J connectivity index is 1.93. The molecule has 23 heavy (non-hydrogen) atoms. The molecule has 0 bridgehead atoms. The molecule has 1 aromatic carbocycles. The van der Waals surface area contributed by atoms with Gasteiger partial charge in [-0.2, -0.15) is 0 Å². The van der Waals surface area contributed by atoms with Gasteiger partial charge in [-0.05, 0) is 24.7 Å². The zero-order valence-electron chi connectivity index (χ0n) is 12.7. The van der Waals surface area contributed by atoms with Crippen LogP contribution in [0.4, 0.5) is 0 Å². The molecule has 0 spiro atoms. The average molecular weight is 303 g/mol. The smallest absolute Gasteiger partial charge is 0.135 e. The fraction of sp³-hybridized carbons (Fsp3) is 0.167. The Morgan fingerprint density at radius 1 is 1.04 bits per heavy atom. The number of aliphatic imine (C=N–C) groups is 1. The monoisotopic (exact) mass is 303 g/mol. The summed E-state index contributed by atoms with van der Waals surface area (Å²) in [5.41, 5.74) is 10.8. The maximum atomic E-state index is 5.75. The second-order valence-corrected chi connectivity index (χ2v) is 5.44. The number of aromatic nitrogens is 3. The molecule has 0 radical (unpaired) electrons. The van der Waals surface area contributed by atoms with E-state index in [1.807, 2.05) is 36.5 Å². The average Bonchev–Trinajstić information content (AvgIpc) is 2.91. The van der Waals surface area contributed by atoms with Crippen molar-refractivity contribution < 1.29 is 0 Å². The number of nitrogens with two attached hydrogens (primary N) is 1. The maximum absolute atomic E-state index is 5.75. The molecule has 0 fully saturated rings. The van der Waals surface area contributed by atoms with E-state index >= 15 is 0 Å². The molecule has 0 saturated heterocycles. The Labute approximate surface area is 134 Å². The number of fused-ring (bicyclic) bond motifs is 3. The van der Waals surface area contributed by atoms with Crippen LogP contribution in [0.2, 0.25) is 0 Å². The molecule has 0 unspecified atom stereocenters. The minimum Gasteiger partial charge on any atom is -0.330 e. The number of rotatable bonds is 3. The van der Waals surface area contributed by atoms with Gasteiger partial charge in [-0.3, -0.25) is 14.5 Å². The second kappa shape index (κ2) is 5.78. The van der Waals surface area contributed by atoms with Gasteiger partial charge in [0, 0.05) is 30.1 Å². The van der Waals surface area contributed by atoms with E-state index in [1.165, 1.54) is 0 Å². The molecule has 1 aliphatic rings. The second-order valence-electron chi connectivity index (χ2n) is 5.44. The molecule has 0 saturated carbocycles. The van der Waals surface area contributed by atoms with Gasteiger partial charge in [0.05, 0.1) is 23.6 Å².